The van der Waals surface area contributed by atoms with Gasteiger partial charge in [0.15, 0.2) is 0 Å². The fraction of sp³-hybridized carbons (Fsp3) is 0.222. The maximum absolute atomic E-state index is 12.9. The largest absolute Gasteiger partial charge is 0.389 e. The maximum atomic E-state index is 12.9. The first-order valence-electron chi connectivity index (χ1n) is 7.38. The first-order valence-corrected chi connectivity index (χ1v) is 8.82. The van der Waals surface area contributed by atoms with Gasteiger partial charge in [0.1, 0.15) is 0 Å². The smallest absolute Gasteiger partial charge is 0.264 e. The van der Waals surface area contributed by atoms with Gasteiger partial charge in [0.25, 0.3) is 10.0 Å². The number of aliphatic hydroxyl groups excluding tert-OH is 1. The van der Waals surface area contributed by atoms with Crippen molar-refractivity contribution >= 4 is 10.0 Å². The molecule has 0 amide bonds. The van der Waals surface area contributed by atoms with Crippen LogP contribution in [0.5, 0.6) is 0 Å². The molecule has 4 nitrogen and oxygen atoms in total. The highest BCUT2D eigenvalue weighted by Gasteiger charge is 2.21. The van der Waals surface area contributed by atoms with E-state index in [4.69, 9.17) is 0 Å². The summed E-state index contributed by atoms with van der Waals surface area (Å²) in [7, 11) is -3.68. The van der Waals surface area contributed by atoms with E-state index < -0.39 is 16.1 Å². The SMILES string of the molecule is Cc1ccc(S(=O)(=O)N(/C=C/C(C)O)Cc2ccccc2)cc1. The third kappa shape index (κ3) is 4.68. The van der Waals surface area contributed by atoms with Gasteiger partial charge >= 0.3 is 0 Å². The summed E-state index contributed by atoms with van der Waals surface area (Å²) in [5, 5.41) is 9.43. The predicted octanol–water partition coefficient (Wildman–Crippen LogP) is 3.08. The Hall–Kier alpha value is -2.11. The second kappa shape index (κ2) is 7.44. The molecule has 1 unspecified atom stereocenters. The Morgan fingerprint density at radius 3 is 2.26 bits per heavy atom. The lowest BCUT2D eigenvalue weighted by Crippen LogP contribution is -2.26. The van der Waals surface area contributed by atoms with Crippen LogP contribution in [0, 0.1) is 6.92 Å². The minimum Gasteiger partial charge on any atom is -0.389 e. The number of aliphatic hydroxyl groups is 1. The van der Waals surface area contributed by atoms with Crippen molar-refractivity contribution in [2.45, 2.75) is 31.4 Å². The highest BCUT2D eigenvalue weighted by molar-refractivity contribution is 7.89. The number of hydrogen-bond donors (Lipinski definition) is 1. The lowest BCUT2D eigenvalue weighted by Gasteiger charge is -2.21. The summed E-state index contributed by atoms with van der Waals surface area (Å²) in [5.41, 5.74) is 1.87. The lowest BCUT2D eigenvalue weighted by molar-refractivity contribution is 0.242. The van der Waals surface area contributed by atoms with Gasteiger partial charge in [-0.05, 0) is 37.6 Å². The molecule has 1 N–H and O–H groups in total. The summed E-state index contributed by atoms with van der Waals surface area (Å²) in [5.74, 6) is 0. The molecule has 2 aromatic rings. The van der Waals surface area contributed by atoms with Crippen molar-refractivity contribution in [1.82, 2.24) is 4.31 Å². The molecule has 2 rings (SSSR count). The van der Waals surface area contributed by atoms with Crippen molar-refractivity contribution in [3.63, 3.8) is 0 Å². The van der Waals surface area contributed by atoms with Gasteiger partial charge < -0.3 is 5.11 Å². The van der Waals surface area contributed by atoms with E-state index in [0.29, 0.717) is 0 Å². The molecule has 1 atom stereocenters. The third-order valence-corrected chi connectivity index (χ3v) is 5.08. The van der Waals surface area contributed by atoms with E-state index in [1.165, 1.54) is 16.6 Å². The van der Waals surface area contributed by atoms with E-state index in [-0.39, 0.29) is 11.4 Å². The van der Waals surface area contributed by atoms with Crippen LogP contribution < -0.4 is 0 Å². The molecule has 0 aromatic heterocycles. The molecule has 2 aromatic carbocycles. The van der Waals surface area contributed by atoms with Gasteiger partial charge in [0.05, 0.1) is 17.5 Å². The first-order chi connectivity index (χ1) is 10.9. The average Bonchev–Trinajstić information content (AvgIpc) is 2.52. The van der Waals surface area contributed by atoms with Crippen LogP contribution in [0.25, 0.3) is 0 Å². The molecule has 0 radical (unpaired) electrons. The zero-order valence-corrected chi connectivity index (χ0v) is 14.1. The van der Waals surface area contributed by atoms with Gasteiger partial charge in [0.2, 0.25) is 0 Å². The molecular formula is C18H21NO3S. The number of hydrogen-bond acceptors (Lipinski definition) is 3. The summed E-state index contributed by atoms with van der Waals surface area (Å²) in [6.45, 7) is 3.70. The monoisotopic (exact) mass is 331 g/mol. The normalized spacial score (nSPS) is 13.2. The second-order valence-electron chi connectivity index (χ2n) is 5.43. The zero-order chi connectivity index (χ0) is 16.9. The molecule has 122 valence electrons. The number of nitrogens with zero attached hydrogens (tertiary/aromatic N) is 1. The van der Waals surface area contributed by atoms with Crippen LogP contribution in [0.2, 0.25) is 0 Å². The van der Waals surface area contributed by atoms with Crippen LogP contribution >= 0.6 is 0 Å². The van der Waals surface area contributed by atoms with E-state index in [2.05, 4.69) is 0 Å². The molecule has 0 saturated carbocycles. The van der Waals surface area contributed by atoms with Gasteiger partial charge in [-0.3, -0.25) is 4.31 Å². The minimum atomic E-state index is -3.68. The fourth-order valence-corrected chi connectivity index (χ4v) is 3.35. The maximum Gasteiger partial charge on any atom is 0.264 e. The molecular weight excluding hydrogens is 310 g/mol. The molecule has 0 spiro atoms. The molecule has 0 aliphatic rings. The Kier molecular flexibility index (Phi) is 5.58. The Morgan fingerprint density at radius 2 is 1.70 bits per heavy atom. The number of rotatable bonds is 6. The van der Waals surface area contributed by atoms with Crippen LogP contribution in [0.15, 0.2) is 71.8 Å². The van der Waals surface area contributed by atoms with E-state index >= 15 is 0 Å². The van der Waals surface area contributed by atoms with Crippen molar-refractivity contribution in [3.05, 3.63) is 78.0 Å². The van der Waals surface area contributed by atoms with Crippen molar-refractivity contribution in [2.75, 3.05) is 0 Å². The highest BCUT2D eigenvalue weighted by Crippen LogP contribution is 2.19. The standard InChI is InChI=1S/C18H21NO3S/c1-15-8-10-18(11-9-15)23(21,22)19(13-12-16(2)20)14-17-6-4-3-5-7-17/h3-13,16,20H,14H2,1-2H3/b13-12+. The summed E-state index contributed by atoms with van der Waals surface area (Å²) in [6.07, 6.45) is 2.16. The molecule has 0 aliphatic heterocycles. The van der Waals surface area contributed by atoms with Gasteiger partial charge in [-0.2, -0.15) is 0 Å². The van der Waals surface area contributed by atoms with E-state index in [0.717, 1.165) is 11.1 Å². The number of sulfonamides is 1. The Bertz CT molecular complexity index is 751. The molecule has 0 bridgehead atoms. The van der Waals surface area contributed by atoms with E-state index in [1.54, 1.807) is 31.2 Å². The average molecular weight is 331 g/mol. The lowest BCUT2D eigenvalue weighted by atomic mass is 10.2. The molecule has 0 aliphatic carbocycles. The van der Waals surface area contributed by atoms with E-state index in [9.17, 15) is 13.5 Å². The quantitative estimate of drug-likeness (QED) is 0.885. The van der Waals surface area contributed by atoms with Crippen molar-refractivity contribution in [1.29, 1.82) is 0 Å². The fourth-order valence-electron chi connectivity index (χ4n) is 2.05. The van der Waals surface area contributed by atoms with Crippen LogP contribution in [0.3, 0.4) is 0 Å². The number of aryl methyl sites for hydroxylation is 1. The van der Waals surface area contributed by atoms with E-state index in [1.807, 2.05) is 37.3 Å². The Labute approximate surface area is 137 Å². The summed E-state index contributed by atoms with van der Waals surface area (Å²) in [4.78, 5) is 0.231. The van der Waals surface area contributed by atoms with Crippen molar-refractivity contribution in [2.24, 2.45) is 0 Å². The van der Waals surface area contributed by atoms with Gasteiger partial charge in [-0.25, -0.2) is 8.42 Å². The summed E-state index contributed by atoms with van der Waals surface area (Å²) >= 11 is 0. The molecule has 0 saturated heterocycles. The molecule has 23 heavy (non-hydrogen) atoms. The molecule has 0 heterocycles. The van der Waals surface area contributed by atoms with Gasteiger partial charge in [0, 0.05) is 6.20 Å². The van der Waals surface area contributed by atoms with Crippen LogP contribution in [0.1, 0.15) is 18.1 Å². The number of benzene rings is 2. The third-order valence-electron chi connectivity index (χ3n) is 3.34. The van der Waals surface area contributed by atoms with Crippen LogP contribution in [-0.4, -0.2) is 23.9 Å². The van der Waals surface area contributed by atoms with Crippen LogP contribution in [-0.2, 0) is 16.6 Å². The topological polar surface area (TPSA) is 57.6 Å². The highest BCUT2D eigenvalue weighted by atomic mass is 32.2. The minimum absolute atomic E-state index is 0.209. The van der Waals surface area contributed by atoms with Gasteiger partial charge in [-0.1, -0.05) is 48.0 Å². The van der Waals surface area contributed by atoms with Crippen molar-refractivity contribution in [3.8, 4) is 0 Å². The predicted molar refractivity (Wildman–Crippen MR) is 91.2 cm³/mol. The summed E-state index contributed by atoms with van der Waals surface area (Å²) in [6, 6.07) is 16.1. The molecule has 5 heteroatoms. The Balaban J connectivity index is 2.37. The first kappa shape index (κ1) is 17.2. The zero-order valence-electron chi connectivity index (χ0n) is 13.3. The Morgan fingerprint density at radius 1 is 1.09 bits per heavy atom. The second-order valence-corrected chi connectivity index (χ2v) is 7.32. The van der Waals surface area contributed by atoms with Crippen LogP contribution in [0.4, 0.5) is 0 Å². The summed E-state index contributed by atoms with van der Waals surface area (Å²) < 4.78 is 27.0. The van der Waals surface area contributed by atoms with Crippen molar-refractivity contribution < 1.29 is 13.5 Å². The molecule has 0 fully saturated rings. The van der Waals surface area contributed by atoms with Gasteiger partial charge in [-0.15, -0.1) is 0 Å².